The third kappa shape index (κ3) is 3.65. The summed E-state index contributed by atoms with van der Waals surface area (Å²) in [4.78, 5) is 21.2. The van der Waals surface area contributed by atoms with E-state index in [1.165, 1.54) is 10.3 Å². The van der Waals surface area contributed by atoms with Crippen molar-refractivity contribution >= 4 is 32.6 Å². The molecule has 0 unspecified atom stereocenters. The Hall–Kier alpha value is -2.60. The molecule has 1 aromatic heterocycles. The number of nitrogens with zero attached hydrogens (tertiary/aromatic N) is 3. The number of carbonyl (C=O) groups is 1. The zero-order valence-electron chi connectivity index (χ0n) is 14.7. The number of para-hydroxylation sites is 1. The second-order valence-electron chi connectivity index (χ2n) is 6.44. The second kappa shape index (κ2) is 7.33. The number of benzene rings is 2. The molecule has 2 aromatic carbocycles. The molecule has 0 aliphatic carbocycles. The molecule has 0 radical (unpaired) electrons. The van der Waals surface area contributed by atoms with Gasteiger partial charge in [-0.25, -0.2) is 4.98 Å². The molecule has 0 saturated carbocycles. The number of aromatic nitrogens is 1. The van der Waals surface area contributed by atoms with Gasteiger partial charge < -0.3 is 14.5 Å². The zero-order chi connectivity index (χ0) is 17.9. The molecule has 0 bridgehead atoms. The fraction of sp³-hybridized carbons (Fsp3) is 0.300. The number of thiazole rings is 1. The van der Waals surface area contributed by atoms with Gasteiger partial charge in [0.25, 0.3) is 5.91 Å². The zero-order valence-corrected chi connectivity index (χ0v) is 15.5. The van der Waals surface area contributed by atoms with Crippen LogP contribution in [0.15, 0.2) is 48.5 Å². The lowest BCUT2D eigenvalue weighted by atomic mass is 10.2. The molecule has 0 atom stereocenters. The molecule has 1 aliphatic heterocycles. The highest BCUT2D eigenvalue weighted by Crippen LogP contribution is 2.30. The average molecular weight is 367 g/mol. The van der Waals surface area contributed by atoms with E-state index in [0.717, 1.165) is 29.5 Å². The Morgan fingerprint density at radius 1 is 1.12 bits per heavy atom. The fourth-order valence-corrected chi connectivity index (χ4v) is 4.17. The first-order valence-electron chi connectivity index (χ1n) is 8.77. The number of rotatable bonds is 4. The Morgan fingerprint density at radius 2 is 1.88 bits per heavy atom. The number of carbonyl (C=O) groups excluding carboxylic acids is 1. The highest BCUT2D eigenvalue weighted by Gasteiger charge is 2.23. The van der Waals surface area contributed by atoms with E-state index >= 15 is 0 Å². The van der Waals surface area contributed by atoms with Crippen LogP contribution < -0.4 is 9.64 Å². The molecular formula is C20H21N3O2S. The molecule has 1 aliphatic rings. The summed E-state index contributed by atoms with van der Waals surface area (Å²) in [6.45, 7) is 5.19. The van der Waals surface area contributed by atoms with Crippen LogP contribution in [0.25, 0.3) is 10.2 Å². The van der Waals surface area contributed by atoms with Gasteiger partial charge in [0.05, 0.1) is 10.2 Å². The molecule has 6 heteroatoms. The van der Waals surface area contributed by atoms with Gasteiger partial charge in [0.2, 0.25) is 0 Å². The van der Waals surface area contributed by atoms with Gasteiger partial charge in [0, 0.05) is 26.2 Å². The summed E-state index contributed by atoms with van der Waals surface area (Å²) in [5, 5.41) is 1.04. The number of piperazine rings is 1. The highest BCUT2D eigenvalue weighted by molar-refractivity contribution is 7.22. The Balaban J connectivity index is 1.33. The Bertz CT molecular complexity index is 902. The average Bonchev–Trinajstić information content (AvgIpc) is 3.10. The van der Waals surface area contributed by atoms with Gasteiger partial charge in [-0.05, 0) is 36.8 Å². The predicted octanol–water partition coefficient (Wildman–Crippen LogP) is 3.33. The summed E-state index contributed by atoms with van der Waals surface area (Å²) >= 11 is 1.72. The predicted molar refractivity (Wildman–Crippen MR) is 105 cm³/mol. The summed E-state index contributed by atoms with van der Waals surface area (Å²) in [6, 6.07) is 15.8. The molecule has 3 aromatic rings. The van der Waals surface area contributed by atoms with Gasteiger partial charge >= 0.3 is 0 Å². The first kappa shape index (κ1) is 16.8. The van der Waals surface area contributed by atoms with Gasteiger partial charge in [-0.2, -0.15) is 0 Å². The molecule has 1 fully saturated rings. The second-order valence-corrected chi connectivity index (χ2v) is 7.45. The molecule has 26 heavy (non-hydrogen) atoms. The third-order valence-electron chi connectivity index (χ3n) is 4.54. The largest absolute Gasteiger partial charge is 0.484 e. The van der Waals surface area contributed by atoms with Crippen molar-refractivity contribution in [3.63, 3.8) is 0 Å². The van der Waals surface area contributed by atoms with Gasteiger partial charge in [0.1, 0.15) is 5.75 Å². The molecular weight excluding hydrogens is 346 g/mol. The van der Waals surface area contributed by atoms with Crippen LogP contribution >= 0.6 is 11.3 Å². The summed E-state index contributed by atoms with van der Waals surface area (Å²) in [7, 11) is 0. The molecule has 1 saturated heterocycles. The number of hydrogen-bond donors (Lipinski definition) is 0. The summed E-state index contributed by atoms with van der Waals surface area (Å²) in [5.74, 6) is 0.762. The van der Waals surface area contributed by atoms with Crippen molar-refractivity contribution in [3.05, 3.63) is 54.1 Å². The highest BCUT2D eigenvalue weighted by atomic mass is 32.1. The maximum Gasteiger partial charge on any atom is 0.260 e. The molecule has 4 rings (SSSR count). The first-order chi connectivity index (χ1) is 12.7. The van der Waals surface area contributed by atoms with Gasteiger partial charge in [-0.3, -0.25) is 4.79 Å². The van der Waals surface area contributed by atoms with E-state index in [1.807, 2.05) is 35.2 Å². The summed E-state index contributed by atoms with van der Waals surface area (Å²) in [6.07, 6.45) is 0. The van der Waals surface area contributed by atoms with Crippen LogP contribution in [-0.2, 0) is 4.79 Å². The van der Waals surface area contributed by atoms with Crippen molar-refractivity contribution in [1.29, 1.82) is 0 Å². The van der Waals surface area contributed by atoms with E-state index in [0.29, 0.717) is 13.1 Å². The van der Waals surface area contributed by atoms with Crippen LogP contribution in [0.1, 0.15) is 5.56 Å². The van der Waals surface area contributed by atoms with Crippen LogP contribution in [0.3, 0.4) is 0 Å². The van der Waals surface area contributed by atoms with Gasteiger partial charge in [0.15, 0.2) is 11.7 Å². The van der Waals surface area contributed by atoms with E-state index in [1.54, 1.807) is 11.3 Å². The van der Waals surface area contributed by atoms with Crippen molar-refractivity contribution in [2.45, 2.75) is 6.92 Å². The van der Waals surface area contributed by atoms with Crippen molar-refractivity contribution in [2.75, 3.05) is 37.7 Å². The number of ether oxygens (including phenoxy) is 1. The van der Waals surface area contributed by atoms with Crippen molar-refractivity contribution in [3.8, 4) is 5.75 Å². The molecule has 5 nitrogen and oxygen atoms in total. The molecule has 1 amide bonds. The van der Waals surface area contributed by atoms with Crippen LogP contribution in [0.5, 0.6) is 5.75 Å². The number of amides is 1. The SMILES string of the molecule is Cc1ccc2nc(N3CCN(C(=O)COc4ccccc4)CC3)sc2c1. The van der Waals surface area contributed by atoms with Crippen LogP contribution in [0, 0.1) is 6.92 Å². The topological polar surface area (TPSA) is 45.7 Å². The minimum atomic E-state index is 0.0356. The quantitative estimate of drug-likeness (QED) is 0.710. The Kier molecular flexibility index (Phi) is 4.75. The Morgan fingerprint density at radius 3 is 2.65 bits per heavy atom. The lowest BCUT2D eigenvalue weighted by Crippen LogP contribution is -2.50. The van der Waals surface area contributed by atoms with Gasteiger partial charge in [-0.1, -0.05) is 35.6 Å². The lowest BCUT2D eigenvalue weighted by Gasteiger charge is -2.34. The standard InChI is InChI=1S/C20H21N3O2S/c1-15-7-8-17-18(13-15)26-20(21-17)23-11-9-22(10-12-23)19(24)14-25-16-5-3-2-4-6-16/h2-8,13H,9-12,14H2,1H3. The molecule has 134 valence electrons. The lowest BCUT2D eigenvalue weighted by molar-refractivity contribution is -0.133. The third-order valence-corrected chi connectivity index (χ3v) is 5.62. The first-order valence-corrected chi connectivity index (χ1v) is 9.58. The van der Waals surface area contributed by atoms with E-state index < -0.39 is 0 Å². The maximum absolute atomic E-state index is 12.4. The normalized spacial score (nSPS) is 14.7. The number of aryl methyl sites for hydroxylation is 1. The smallest absolute Gasteiger partial charge is 0.260 e. The maximum atomic E-state index is 12.4. The minimum Gasteiger partial charge on any atom is -0.484 e. The van der Waals surface area contributed by atoms with E-state index in [4.69, 9.17) is 9.72 Å². The molecule has 0 spiro atoms. The van der Waals surface area contributed by atoms with Crippen molar-refractivity contribution in [1.82, 2.24) is 9.88 Å². The monoisotopic (exact) mass is 367 g/mol. The summed E-state index contributed by atoms with van der Waals surface area (Å²) < 4.78 is 6.79. The van der Waals surface area contributed by atoms with Crippen molar-refractivity contribution < 1.29 is 9.53 Å². The van der Waals surface area contributed by atoms with Crippen LogP contribution in [0.2, 0.25) is 0 Å². The summed E-state index contributed by atoms with van der Waals surface area (Å²) in [5.41, 5.74) is 2.30. The number of anilines is 1. The van der Waals surface area contributed by atoms with Gasteiger partial charge in [-0.15, -0.1) is 0 Å². The van der Waals surface area contributed by atoms with Crippen LogP contribution in [-0.4, -0.2) is 48.6 Å². The molecule has 0 N–H and O–H groups in total. The Labute approximate surface area is 156 Å². The van der Waals surface area contributed by atoms with E-state index in [2.05, 4.69) is 30.0 Å². The van der Waals surface area contributed by atoms with E-state index in [-0.39, 0.29) is 12.5 Å². The van der Waals surface area contributed by atoms with E-state index in [9.17, 15) is 4.79 Å². The van der Waals surface area contributed by atoms with Crippen LogP contribution in [0.4, 0.5) is 5.13 Å². The fourth-order valence-electron chi connectivity index (χ4n) is 3.06. The number of fused-ring (bicyclic) bond motifs is 1. The molecule has 2 heterocycles. The van der Waals surface area contributed by atoms with Crippen molar-refractivity contribution in [2.24, 2.45) is 0 Å². The minimum absolute atomic E-state index is 0.0356. The number of hydrogen-bond acceptors (Lipinski definition) is 5.